The highest BCUT2D eigenvalue weighted by atomic mass is 79.9. The lowest BCUT2D eigenvalue weighted by Crippen LogP contribution is -2.18. The lowest BCUT2D eigenvalue weighted by atomic mass is 9.93. The summed E-state index contributed by atoms with van der Waals surface area (Å²) in [6.45, 7) is 4.44. The van der Waals surface area contributed by atoms with E-state index in [4.69, 9.17) is 0 Å². The molecule has 2 rings (SSSR count). The van der Waals surface area contributed by atoms with Crippen LogP contribution in [0.1, 0.15) is 42.1 Å². The zero-order valence-corrected chi connectivity index (χ0v) is 15.9. The summed E-state index contributed by atoms with van der Waals surface area (Å²) in [5.41, 5.74) is 5.45. The lowest BCUT2D eigenvalue weighted by Gasteiger charge is -2.21. The largest absolute Gasteiger partial charge is 0.309 e. The van der Waals surface area contributed by atoms with Crippen LogP contribution in [-0.4, -0.2) is 7.05 Å². The summed E-state index contributed by atoms with van der Waals surface area (Å²) in [4.78, 5) is 0. The van der Waals surface area contributed by atoms with Crippen molar-refractivity contribution in [2.24, 2.45) is 0 Å². The van der Waals surface area contributed by atoms with E-state index >= 15 is 0 Å². The summed E-state index contributed by atoms with van der Waals surface area (Å²) < 4.78 is 2.23. The summed E-state index contributed by atoms with van der Waals surface area (Å²) in [5, 5.41) is 3.44. The quantitative estimate of drug-likeness (QED) is 0.671. The second-order valence-electron chi connectivity index (χ2n) is 5.12. The van der Waals surface area contributed by atoms with Crippen LogP contribution in [0.3, 0.4) is 0 Å². The molecule has 21 heavy (non-hydrogen) atoms. The first kappa shape index (κ1) is 16.7. The second kappa shape index (κ2) is 7.57. The Labute approximate surface area is 144 Å². The average Bonchev–Trinajstić information content (AvgIpc) is 2.51. The fourth-order valence-electron chi connectivity index (χ4n) is 2.74. The van der Waals surface area contributed by atoms with E-state index in [-0.39, 0.29) is 6.04 Å². The van der Waals surface area contributed by atoms with Gasteiger partial charge in [-0.2, -0.15) is 0 Å². The molecule has 0 fully saturated rings. The van der Waals surface area contributed by atoms with Crippen molar-refractivity contribution in [1.29, 1.82) is 0 Å². The Balaban J connectivity index is 2.48. The molecule has 0 bridgehead atoms. The first-order valence-corrected chi connectivity index (χ1v) is 8.93. The number of nitrogens with one attached hydrogen (secondary N) is 1. The second-order valence-corrected chi connectivity index (χ2v) is 6.89. The molecule has 1 unspecified atom stereocenters. The number of aryl methyl sites for hydroxylation is 2. The van der Waals surface area contributed by atoms with Crippen molar-refractivity contribution in [3.05, 3.63) is 67.6 Å². The molecule has 2 aromatic rings. The average molecular weight is 411 g/mol. The smallest absolute Gasteiger partial charge is 0.0585 e. The van der Waals surface area contributed by atoms with Crippen LogP contribution in [0.2, 0.25) is 0 Å². The van der Waals surface area contributed by atoms with E-state index in [2.05, 4.69) is 87.4 Å². The predicted octanol–water partition coefficient (Wildman–Crippen LogP) is 5.65. The first-order valence-electron chi connectivity index (χ1n) is 7.34. The van der Waals surface area contributed by atoms with E-state index in [1.807, 2.05) is 7.05 Å². The number of rotatable bonds is 5. The van der Waals surface area contributed by atoms with Gasteiger partial charge >= 0.3 is 0 Å². The molecule has 1 N–H and O–H groups in total. The van der Waals surface area contributed by atoms with Crippen LogP contribution < -0.4 is 5.32 Å². The molecule has 0 aliphatic carbocycles. The number of hydrogen-bond donors (Lipinski definition) is 1. The first-order chi connectivity index (χ1) is 10.1. The fraction of sp³-hybridized carbons (Fsp3) is 0.333. The SMILES string of the molecule is CCc1ccc(C(NC)c2cc(Br)ccc2Br)cc1CC. The van der Waals surface area contributed by atoms with Gasteiger partial charge in [0.05, 0.1) is 6.04 Å². The van der Waals surface area contributed by atoms with Gasteiger partial charge in [-0.25, -0.2) is 0 Å². The molecule has 0 heterocycles. The number of halogens is 2. The van der Waals surface area contributed by atoms with Crippen molar-refractivity contribution >= 4 is 31.9 Å². The summed E-state index contributed by atoms with van der Waals surface area (Å²) >= 11 is 7.24. The maximum Gasteiger partial charge on any atom is 0.0585 e. The van der Waals surface area contributed by atoms with Gasteiger partial charge < -0.3 is 5.32 Å². The zero-order valence-electron chi connectivity index (χ0n) is 12.7. The normalized spacial score (nSPS) is 12.4. The Morgan fingerprint density at radius 2 is 1.67 bits per heavy atom. The third-order valence-corrected chi connectivity index (χ3v) is 5.10. The Hall–Kier alpha value is -0.640. The molecular formula is C18H21Br2N. The van der Waals surface area contributed by atoms with Crippen LogP contribution in [0.15, 0.2) is 45.3 Å². The summed E-state index contributed by atoms with van der Waals surface area (Å²) in [6.07, 6.45) is 2.17. The molecule has 0 radical (unpaired) electrons. The number of benzene rings is 2. The van der Waals surface area contributed by atoms with Gasteiger partial charge in [-0.3, -0.25) is 0 Å². The van der Waals surface area contributed by atoms with Crippen LogP contribution in [0, 0.1) is 0 Å². The van der Waals surface area contributed by atoms with Crippen molar-refractivity contribution in [3.8, 4) is 0 Å². The molecule has 0 saturated carbocycles. The van der Waals surface area contributed by atoms with Crippen molar-refractivity contribution in [2.75, 3.05) is 7.05 Å². The summed E-state index contributed by atoms with van der Waals surface area (Å²) in [6, 6.07) is 13.4. The maximum absolute atomic E-state index is 3.67. The van der Waals surface area contributed by atoms with Gasteiger partial charge in [-0.1, -0.05) is 63.9 Å². The molecule has 2 aromatic carbocycles. The standard InChI is InChI=1S/C18H21Br2N/c1-4-12-6-7-14(10-13(12)5-2)18(21-3)16-11-15(19)8-9-17(16)20/h6-11,18,21H,4-5H2,1-3H3. The zero-order chi connectivity index (χ0) is 15.4. The number of hydrogen-bond acceptors (Lipinski definition) is 1. The van der Waals surface area contributed by atoms with Crippen molar-refractivity contribution in [2.45, 2.75) is 32.7 Å². The minimum atomic E-state index is 0.188. The van der Waals surface area contributed by atoms with Crippen LogP contribution in [0.25, 0.3) is 0 Å². The van der Waals surface area contributed by atoms with Crippen LogP contribution in [0.5, 0.6) is 0 Å². The Morgan fingerprint density at radius 3 is 2.29 bits per heavy atom. The molecular weight excluding hydrogens is 390 g/mol. The molecule has 0 spiro atoms. The highest BCUT2D eigenvalue weighted by molar-refractivity contribution is 9.11. The van der Waals surface area contributed by atoms with Gasteiger partial charge in [0.15, 0.2) is 0 Å². The Morgan fingerprint density at radius 1 is 0.952 bits per heavy atom. The van der Waals surface area contributed by atoms with E-state index in [1.54, 1.807) is 0 Å². The molecule has 0 aliphatic rings. The summed E-state index contributed by atoms with van der Waals surface area (Å²) in [7, 11) is 2.01. The predicted molar refractivity (Wildman–Crippen MR) is 97.9 cm³/mol. The van der Waals surface area contributed by atoms with E-state index in [0.29, 0.717) is 0 Å². The molecule has 0 amide bonds. The third-order valence-electron chi connectivity index (χ3n) is 3.88. The highest BCUT2D eigenvalue weighted by Gasteiger charge is 2.16. The van der Waals surface area contributed by atoms with Crippen LogP contribution in [-0.2, 0) is 12.8 Å². The van der Waals surface area contributed by atoms with Gasteiger partial charge in [0.25, 0.3) is 0 Å². The maximum atomic E-state index is 3.67. The molecule has 3 heteroatoms. The Kier molecular flexibility index (Phi) is 6.03. The van der Waals surface area contributed by atoms with Gasteiger partial charge in [0.2, 0.25) is 0 Å². The highest BCUT2D eigenvalue weighted by Crippen LogP contribution is 2.31. The minimum absolute atomic E-state index is 0.188. The van der Waals surface area contributed by atoms with Gasteiger partial charge in [0, 0.05) is 8.95 Å². The molecule has 0 aromatic heterocycles. The van der Waals surface area contributed by atoms with Crippen molar-refractivity contribution in [1.82, 2.24) is 5.32 Å². The van der Waals surface area contributed by atoms with Crippen molar-refractivity contribution in [3.63, 3.8) is 0 Å². The van der Waals surface area contributed by atoms with Crippen molar-refractivity contribution < 1.29 is 0 Å². The molecule has 112 valence electrons. The van der Waals surface area contributed by atoms with Gasteiger partial charge in [0.1, 0.15) is 0 Å². The third kappa shape index (κ3) is 3.77. The molecule has 1 atom stereocenters. The molecule has 0 aliphatic heterocycles. The lowest BCUT2D eigenvalue weighted by molar-refractivity contribution is 0.687. The Bertz CT molecular complexity index is 623. The molecule has 0 saturated heterocycles. The summed E-state index contributed by atoms with van der Waals surface area (Å²) in [5.74, 6) is 0. The van der Waals surface area contributed by atoms with E-state index in [0.717, 1.165) is 21.8 Å². The van der Waals surface area contributed by atoms with E-state index < -0.39 is 0 Å². The minimum Gasteiger partial charge on any atom is -0.309 e. The van der Waals surface area contributed by atoms with E-state index in [9.17, 15) is 0 Å². The van der Waals surface area contributed by atoms with Crippen LogP contribution in [0.4, 0.5) is 0 Å². The van der Waals surface area contributed by atoms with Gasteiger partial charge in [-0.05, 0) is 60.3 Å². The fourth-order valence-corrected chi connectivity index (χ4v) is 3.59. The monoisotopic (exact) mass is 409 g/mol. The topological polar surface area (TPSA) is 12.0 Å². The van der Waals surface area contributed by atoms with Crippen LogP contribution >= 0.6 is 31.9 Å². The van der Waals surface area contributed by atoms with Gasteiger partial charge in [-0.15, -0.1) is 0 Å². The molecule has 1 nitrogen and oxygen atoms in total. The van der Waals surface area contributed by atoms with E-state index in [1.165, 1.54) is 22.3 Å².